The Morgan fingerprint density at radius 1 is 0.946 bits per heavy atom. The predicted octanol–water partition coefficient (Wildman–Crippen LogP) is 4.56. The van der Waals surface area contributed by atoms with Crippen molar-refractivity contribution in [2.45, 2.75) is 27.8 Å². The summed E-state index contributed by atoms with van der Waals surface area (Å²) in [6.45, 7) is 12.5. The smallest absolute Gasteiger partial charge is 0.321 e. The lowest BCUT2D eigenvalue weighted by Crippen LogP contribution is -2.49. The van der Waals surface area contributed by atoms with Crippen LogP contribution in [0.5, 0.6) is 5.75 Å². The van der Waals surface area contributed by atoms with Gasteiger partial charge in [0, 0.05) is 80.2 Å². The number of urea groups is 1. The molecule has 2 saturated heterocycles. The number of amides is 2. The summed E-state index contributed by atoms with van der Waals surface area (Å²) in [5, 5.41) is 3.11. The Morgan fingerprint density at radius 2 is 1.59 bits per heavy atom. The van der Waals surface area contributed by atoms with Crippen LogP contribution in [-0.2, 0) is 11.3 Å². The van der Waals surface area contributed by atoms with Crippen molar-refractivity contribution in [3.05, 3.63) is 53.1 Å². The molecule has 0 saturated carbocycles. The SMILES string of the molecule is C.COC.COc1ccc(NC(=O)N2CCN(Cc3cccc(C)c3C)CC2)cc1N1CCN(C)CC1.[HH]. The molecule has 2 aromatic rings. The normalized spacial score (nSPS) is 16.4. The van der Waals surface area contributed by atoms with Crippen molar-refractivity contribution in [1.82, 2.24) is 14.7 Å². The van der Waals surface area contributed by atoms with Crippen LogP contribution in [0.2, 0.25) is 0 Å². The Hall–Kier alpha value is -2.81. The van der Waals surface area contributed by atoms with Crippen LogP contribution in [0, 0.1) is 13.8 Å². The van der Waals surface area contributed by atoms with E-state index in [9.17, 15) is 4.79 Å². The molecule has 8 heteroatoms. The monoisotopic (exact) mass is 515 g/mol. The maximum Gasteiger partial charge on any atom is 0.321 e. The number of ether oxygens (including phenoxy) is 2. The zero-order valence-corrected chi connectivity index (χ0v) is 22.8. The average molecular weight is 516 g/mol. The lowest BCUT2D eigenvalue weighted by Gasteiger charge is -2.36. The highest BCUT2D eigenvalue weighted by Crippen LogP contribution is 2.32. The number of hydrogen-bond acceptors (Lipinski definition) is 6. The molecule has 37 heavy (non-hydrogen) atoms. The Labute approximate surface area is 225 Å². The second-order valence-corrected chi connectivity index (χ2v) is 9.64. The van der Waals surface area contributed by atoms with E-state index in [2.05, 4.69) is 63.8 Å². The van der Waals surface area contributed by atoms with E-state index in [0.29, 0.717) is 0 Å². The number of carbonyl (C=O) groups is 1. The number of aryl methyl sites for hydroxylation is 1. The second kappa shape index (κ2) is 14.8. The molecule has 8 nitrogen and oxygen atoms in total. The molecule has 2 heterocycles. The molecule has 0 spiro atoms. The molecule has 2 amide bonds. The number of hydrogen-bond donors (Lipinski definition) is 1. The number of carbonyl (C=O) groups excluding carboxylic acids is 1. The Morgan fingerprint density at radius 3 is 2.22 bits per heavy atom. The van der Waals surface area contributed by atoms with E-state index < -0.39 is 0 Å². The zero-order valence-electron chi connectivity index (χ0n) is 22.8. The van der Waals surface area contributed by atoms with Gasteiger partial charge in [-0.1, -0.05) is 25.6 Å². The molecule has 1 N–H and O–H groups in total. The molecule has 2 aliphatic rings. The van der Waals surface area contributed by atoms with Crippen molar-refractivity contribution in [3.63, 3.8) is 0 Å². The molecule has 0 bridgehead atoms. The fourth-order valence-electron chi connectivity index (χ4n) is 4.60. The molecule has 0 unspecified atom stereocenters. The quantitative estimate of drug-likeness (QED) is 0.630. The van der Waals surface area contributed by atoms with Gasteiger partial charge in [-0.25, -0.2) is 4.79 Å². The van der Waals surface area contributed by atoms with Gasteiger partial charge in [0.25, 0.3) is 0 Å². The summed E-state index contributed by atoms with van der Waals surface area (Å²) in [7, 11) is 7.10. The number of likely N-dealkylation sites (N-methyl/N-ethyl adjacent to an activating group) is 1. The maximum atomic E-state index is 13.0. The summed E-state index contributed by atoms with van der Waals surface area (Å²) >= 11 is 0. The van der Waals surface area contributed by atoms with Gasteiger partial charge in [-0.2, -0.15) is 0 Å². The van der Waals surface area contributed by atoms with Crippen LogP contribution in [0.25, 0.3) is 0 Å². The molecule has 0 aliphatic carbocycles. The van der Waals surface area contributed by atoms with E-state index in [-0.39, 0.29) is 14.9 Å². The fraction of sp³-hybridized carbons (Fsp3) is 0.552. The van der Waals surface area contributed by atoms with Crippen molar-refractivity contribution in [3.8, 4) is 5.75 Å². The summed E-state index contributed by atoms with van der Waals surface area (Å²) in [5.74, 6) is 0.845. The highest BCUT2D eigenvalue weighted by Gasteiger charge is 2.23. The summed E-state index contributed by atoms with van der Waals surface area (Å²) in [5.41, 5.74) is 5.94. The standard InChI is InChI=1S/C26H37N5O2.C2H6O.CH4.H2/c1-20-6-5-7-22(21(20)2)19-29-12-16-31(17-13-29)26(32)27-23-8-9-25(33-4)24(18-23)30-14-10-28(3)11-15-30;1-3-2;;/h5-9,18H,10-17,19H2,1-4H3,(H,27,32);1-2H3;1H4;1H. The number of benzene rings is 2. The van der Waals surface area contributed by atoms with Crippen LogP contribution in [0.1, 0.15) is 25.5 Å². The molecular weight excluding hydrogens is 466 g/mol. The first-order valence-electron chi connectivity index (χ1n) is 12.7. The predicted molar refractivity (Wildman–Crippen MR) is 156 cm³/mol. The van der Waals surface area contributed by atoms with Crippen LogP contribution in [0.4, 0.5) is 16.2 Å². The largest absolute Gasteiger partial charge is 0.495 e. The third-order valence-corrected chi connectivity index (χ3v) is 7.04. The molecule has 0 atom stereocenters. The summed E-state index contributed by atoms with van der Waals surface area (Å²) < 4.78 is 9.84. The fourth-order valence-corrected chi connectivity index (χ4v) is 4.60. The Balaban J connectivity index is 0.00000138. The van der Waals surface area contributed by atoms with Crippen LogP contribution in [0.15, 0.2) is 36.4 Å². The lowest BCUT2D eigenvalue weighted by atomic mass is 10.0. The number of anilines is 2. The first kappa shape index (κ1) is 30.4. The molecule has 0 radical (unpaired) electrons. The highest BCUT2D eigenvalue weighted by atomic mass is 16.5. The molecule has 0 aromatic heterocycles. The van der Waals surface area contributed by atoms with Gasteiger partial charge in [-0.15, -0.1) is 0 Å². The minimum atomic E-state index is -0.0316. The van der Waals surface area contributed by atoms with Crippen molar-refractivity contribution < 1.29 is 15.7 Å². The first-order chi connectivity index (χ1) is 17.4. The van der Waals surface area contributed by atoms with Gasteiger partial charge in [0.2, 0.25) is 0 Å². The number of rotatable bonds is 5. The summed E-state index contributed by atoms with van der Waals surface area (Å²) in [6, 6.07) is 12.4. The molecule has 4 rings (SSSR count). The lowest BCUT2D eigenvalue weighted by molar-refractivity contribution is 0.143. The maximum absolute atomic E-state index is 13.0. The molecule has 2 aliphatic heterocycles. The minimum absolute atomic E-state index is 0. The number of nitrogens with one attached hydrogen (secondary N) is 1. The van der Waals surface area contributed by atoms with Gasteiger partial charge in [0.05, 0.1) is 12.8 Å². The minimum Gasteiger partial charge on any atom is -0.495 e. The summed E-state index contributed by atoms with van der Waals surface area (Å²) in [4.78, 5) is 22.0. The van der Waals surface area contributed by atoms with E-state index in [1.165, 1.54) is 16.7 Å². The average Bonchev–Trinajstić information content (AvgIpc) is 2.88. The van der Waals surface area contributed by atoms with Gasteiger partial charge in [0.1, 0.15) is 5.75 Å². The zero-order chi connectivity index (χ0) is 26.1. The topological polar surface area (TPSA) is 60.5 Å². The van der Waals surface area contributed by atoms with Crippen molar-refractivity contribution >= 4 is 17.4 Å². The number of methoxy groups -OCH3 is 2. The van der Waals surface area contributed by atoms with Gasteiger partial charge >= 0.3 is 6.03 Å². The molecule has 2 fully saturated rings. The number of piperazine rings is 2. The van der Waals surface area contributed by atoms with Crippen molar-refractivity contribution in [2.24, 2.45) is 0 Å². The van der Waals surface area contributed by atoms with Crippen LogP contribution >= 0.6 is 0 Å². The number of nitrogens with zero attached hydrogens (tertiary/aromatic N) is 4. The molecular formula is C29H49N5O3. The van der Waals surface area contributed by atoms with Crippen LogP contribution < -0.4 is 15.0 Å². The van der Waals surface area contributed by atoms with Crippen molar-refractivity contribution in [1.29, 1.82) is 0 Å². The van der Waals surface area contributed by atoms with E-state index in [4.69, 9.17) is 4.74 Å². The van der Waals surface area contributed by atoms with Gasteiger partial charge in [-0.05, 0) is 55.8 Å². The van der Waals surface area contributed by atoms with Gasteiger partial charge in [-0.3, -0.25) is 4.90 Å². The van der Waals surface area contributed by atoms with Crippen LogP contribution in [0.3, 0.4) is 0 Å². The molecule has 2 aromatic carbocycles. The van der Waals surface area contributed by atoms with E-state index in [0.717, 1.165) is 76.0 Å². The Bertz CT molecular complexity index is 990. The molecule has 208 valence electrons. The third kappa shape index (κ3) is 8.35. The van der Waals surface area contributed by atoms with Gasteiger partial charge < -0.3 is 29.5 Å². The third-order valence-electron chi connectivity index (χ3n) is 7.04. The van der Waals surface area contributed by atoms with E-state index in [1.54, 1.807) is 21.3 Å². The van der Waals surface area contributed by atoms with E-state index >= 15 is 0 Å². The van der Waals surface area contributed by atoms with Crippen molar-refractivity contribution in [2.75, 3.05) is 91.0 Å². The second-order valence-electron chi connectivity index (χ2n) is 9.64. The highest BCUT2D eigenvalue weighted by molar-refractivity contribution is 5.90. The van der Waals surface area contributed by atoms with Crippen LogP contribution in [-0.4, -0.2) is 101 Å². The van der Waals surface area contributed by atoms with Gasteiger partial charge in [0.15, 0.2) is 0 Å². The van der Waals surface area contributed by atoms with E-state index in [1.807, 2.05) is 23.1 Å². The summed E-state index contributed by atoms with van der Waals surface area (Å²) in [6.07, 6.45) is 0. The first-order valence-corrected chi connectivity index (χ1v) is 12.7. The Kier molecular flexibility index (Phi) is 12.2.